The molecule has 19 heavy (non-hydrogen) atoms. The lowest BCUT2D eigenvalue weighted by atomic mass is 10.0. The van der Waals surface area contributed by atoms with Gasteiger partial charge in [-0.1, -0.05) is 5.21 Å². The van der Waals surface area contributed by atoms with Gasteiger partial charge < -0.3 is 15.7 Å². The summed E-state index contributed by atoms with van der Waals surface area (Å²) in [5.41, 5.74) is 5.62. The number of carboxylic acid groups (broad SMARTS) is 1. The number of aromatic nitrogens is 3. The van der Waals surface area contributed by atoms with Crippen LogP contribution in [0.5, 0.6) is 0 Å². The van der Waals surface area contributed by atoms with Gasteiger partial charge in [0.25, 0.3) is 5.91 Å². The number of carboxylic acids is 1. The lowest BCUT2D eigenvalue weighted by Gasteiger charge is -2.21. The van der Waals surface area contributed by atoms with Gasteiger partial charge in [0.1, 0.15) is 0 Å². The average Bonchev–Trinajstić information content (AvgIpc) is 2.95. The quantitative estimate of drug-likeness (QED) is 0.736. The first kappa shape index (κ1) is 13.5. The molecular weight excluding hydrogens is 250 g/mol. The zero-order valence-corrected chi connectivity index (χ0v) is 10.7. The topological polar surface area (TPSA) is 114 Å². The lowest BCUT2D eigenvalue weighted by molar-refractivity contribution is -0.142. The molecule has 3 N–H and O–H groups in total. The van der Waals surface area contributed by atoms with Gasteiger partial charge in [-0.15, -0.1) is 5.10 Å². The Morgan fingerprint density at radius 3 is 2.89 bits per heavy atom. The molecule has 1 aromatic heterocycles. The van der Waals surface area contributed by atoms with E-state index in [1.54, 1.807) is 6.92 Å². The Morgan fingerprint density at radius 2 is 2.32 bits per heavy atom. The molecule has 2 unspecified atom stereocenters. The fourth-order valence-corrected chi connectivity index (χ4v) is 2.34. The van der Waals surface area contributed by atoms with E-state index >= 15 is 0 Å². The fourth-order valence-electron chi connectivity index (χ4n) is 2.34. The molecule has 2 rings (SSSR count). The third-order valence-electron chi connectivity index (χ3n) is 3.45. The summed E-state index contributed by atoms with van der Waals surface area (Å²) < 4.78 is 1.50. The summed E-state index contributed by atoms with van der Waals surface area (Å²) >= 11 is 0. The number of nitrogens with zero attached hydrogens (tertiary/aromatic N) is 4. The maximum absolute atomic E-state index is 12.2. The maximum atomic E-state index is 12.2. The Kier molecular flexibility index (Phi) is 3.79. The molecule has 0 spiro atoms. The zero-order chi connectivity index (χ0) is 14.0. The van der Waals surface area contributed by atoms with E-state index in [9.17, 15) is 9.59 Å². The van der Waals surface area contributed by atoms with Crippen LogP contribution < -0.4 is 5.73 Å². The van der Waals surface area contributed by atoms with E-state index in [-0.39, 0.29) is 17.6 Å². The van der Waals surface area contributed by atoms with Crippen LogP contribution in [0.4, 0.5) is 0 Å². The number of likely N-dealkylation sites (tertiary alicyclic amines) is 1. The molecule has 0 aromatic carbocycles. The van der Waals surface area contributed by atoms with Gasteiger partial charge in [0, 0.05) is 19.1 Å². The van der Waals surface area contributed by atoms with Gasteiger partial charge in [-0.2, -0.15) is 0 Å². The van der Waals surface area contributed by atoms with Crippen LogP contribution in [-0.4, -0.2) is 56.0 Å². The Hall–Kier alpha value is -1.96. The van der Waals surface area contributed by atoms with Crippen molar-refractivity contribution in [3.05, 3.63) is 11.9 Å². The highest BCUT2D eigenvalue weighted by molar-refractivity contribution is 5.93. The van der Waals surface area contributed by atoms with Crippen LogP contribution in [0.1, 0.15) is 23.8 Å². The minimum atomic E-state index is -0.866. The maximum Gasteiger partial charge on any atom is 0.308 e. The van der Waals surface area contributed by atoms with Gasteiger partial charge in [-0.25, -0.2) is 0 Å². The summed E-state index contributed by atoms with van der Waals surface area (Å²) in [7, 11) is 0. The summed E-state index contributed by atoms with van der Waals surface area (Å²) in [6.45, 7) is 3.08. The van der Waals surface area contributed by atoms with Gasteiger partial charge >= 0.3 is 5.97 Å². The molecule has 1 aliphatic heterocycles. The third-order valence-corrected chi connectivity index (χ3v) is 3.45. The first-order valence-corrected chi connectivity index (χ1v) is 6.18. The smallest absolute Gasteiger partial charge is 0.308 e. The average molecular weight is 267 g/mol. The van der Waals surface area contributed by atoms with Crippen LogP contribution in [0, 0.1) is 5.92 Å². The molecule has 1 amide bonds. The van der Waals surface area contributed by atoms with Crippen LogP contribution >= 0.6 is 0 Å². The Balaban J connectivity index is 2.09. The summed E-state index contributed by atoms with van der Waals surface area (Å²) in [5, 5.41) is 16.6. The van der Waals surface area contributed by atoms with E-state index in [1.807, 2.05) is 0 Å². The molecule has 0 saturated carbocycles. The standard InChI is InChI=1S/C11H17N5O3/c1-7-8(11(18)19)2-4-16(7)10(17)9-6-15(5-3-12)14-13-9/h6-8H,2-5,12H2,1H3,(H,18,19). The minimum Gasteiger partial charge on any atom is -0.481 e. The van der Waals surface area contributed by atoms with Crippen molar-refractivity contribution in [2.45, 2.75) is 25.9 Å². The molecule has 2 heterocycles. The van der Waals surface area contributed by atoms with E-state index in [2.05, 4.69) is 10.3 Å². The van der Waals surface area contributed by atoms with Crippen molar-refractivity contribution in [2.75, 3.05) is 13.1 Å². The second-order valence-electron chi connectivity index (χ2n) is 4.63. The Morgan fingerprint density at radius 1 is 1.58 bits per heavy atom. The van der Waals surface area contributed by atoms with Gasteiger partial charge in [-0.3, -0.25) is 14.3 Å². The van der Waals surface area contributed by atoms with E-state index < -0.39 is 11.9 Å². The van der Waals surface area contributed by atoms with Gasteiger partial charge in [0.05, 0.1) is 18.7 Å². The number of aliphatic carboxylic acids is 1. The molecule has 0 bridgehead atoms. The van der Waals surface area contributed by atoms with Crippen LogP contribution in [0.2, 0.25) is 0 Å². The Labute approximate surface area is 110 Å². The molecule has 1 saturated heterocycles. The highest BCUT2D eigenvalue weighted by atomic mass is 16.4. The molecule has 1 aliphatic rings. The normalized spacial score (nSPS) is 22.7. The third kappa shape index (κ3) is 2.58. The van der Waals surface area contributed by atoms with E-state index in [0.29, 0.717) is 26.1 Å². The molecule has 0 aliphatic carbocycles. The number of carbonyl (C=O) groups excluding carboxylic acids is 1. The van der Waals surface area contributed by atoms with Crippen molar-refractivity contribution in [2.24, 2.45) is 11.7 Å². The largest absolute Gasteiger partial charge is 0.481 e. The minimum absolute atomic E-state index is 0.228. The summed E-state index contributed by atoms with van der Waals surface area (Å²) in [6, 6.07) is -0.329. The van der Waals surface area contributed by atoms with Crippen LogP contribution in [0.15, 0.2) is 6.20 Å². The predicted molar refractivity (Wildman–Crippen MR) is 65.3 cm³/mol. The number of nitrogens with two attached hydrogens (primary N) is 1. The van der Waals surface area contributed by atoms with Crippen molar-refractivity contribution >= 4 is 11.9 Å². The Bertz CT molecular complexity index is 486. The monoisotopic (exact) mass is 267 g/mol. The molecule has 8 heteroatoms. The van der Waals surface area contributed by atoms with E-state index in [1.165, 1.54) is 15.8 Å². The molecule has 1 aromatic rings. The number of amides is 1. The fraction of sp³-hybridized carbons (Fsp3) is 0.636. The molecule has 2 atom stereocenters. The van der Waals surface area contributed by atoms with Crippen molar-refractivity contribution in [1.29, 1.82) is 0 Å². The van der Waals surface area contributed by atoms with E-state index in [0.717, 1.165) is 0 Å². The number of rotatable bonds is 4. The van der Waals surface area contributed by atoms with Crippen LogP contribution in [0.3, 0.4) is 0 Å². The molecule has 1 fully saturated rings. The summed E-state index contributed by atoms with van der Waals surface area (Å²) in [5.74, 6) is -1.66. The molecule has 8 nitrogen and oxygen atoms in total. The first-order valence-electron chi connectivity index (χ1n) is 6.18. The summed E-state index contributed by atoms with van der Waals surface area (Å²) in [6.07, 6.45) is 2.01. The van der Waals surface area contributed by atoms with Gasteiger partial charge in [0.15, 0.2) is 5.69 Å². The van der Waals surface area contributed by atoms with Crippen LogP contribution in [0.25, 0.3) is 0 Å². The number of hydrogen-bond donors (Lipinski definition) is 2. The SMILES string of the molecule is CC1C(C(=O)O)CCN1C(=O)c1cn(CCN)nn1. The molecule has 104 valence electrons. The van der Waals surface area contributed by atoms with Crippen molar-refractivity contribution in [3.63, 3.8) is 0 Å². The van der Waals surface area contributed by atoms with E-state index in [4.69, 9.17) is 10.8 Å². The van der Waals surface area contributed by atoms with Crippen molar-refractivity contribution < 1.29 is 14.7 Å². The number of carbonyl (C=O) groups is 2. The zero-order valence-electron chi connectivity index (χ0n) is 10.7. The van der Waals surface area contributed by atoms with Crippen molar-refractivity contribution in [3.8, 4) is 0 Å². The van der Waals surface area contributed by atoms with Gasteiger partial charge in [-0.05, 0) is 13.3 Å². The highest BCUT2D eigenvalue weighted by Gasteiger charge is 2.39. The molecule has 0 radical (unpaired) electrons. The predicted octanol–water partition coefficient (Wildman–Crippen LogP) is -0.828. The highest BCUT2D eigenvalue weighted by Crippen LogP contribution is 2.25. The summed E-state index contributed by atoms with van der Waals surface area (Å²) in [4.78, 5) is 24.8. The second kappa shape index (κ2) is 5.35. The molecular formula is C11H17N5O3. The van der Waals surface area contributed by atoms with Crippen molar-refractivity contribution in [1.82, 2.24) is 19.9 Å². The van der Waals surface area contributed by atoms with Crippen LogP contribution in [-0.2, 0) is 11.3 Å². The second-order valence-corrected chi connectivity index (χ2v) is 4.63. The lowest BCUT2D eigenvalue weighted by Crippen LogP contribution is -2.37. The first-order chi connectivity index (χ1) is 9.04. The van der Waals surface area contributed by atoms with Gasteiger partial charge in [0.2, 0.25) is 0 Å². The number of hydrogen-bond acceptors (Lipinski definition) is 5.